The van der Waals surface area contributed by atoms with E-state index in [4.69, 9.17) is 4.84 Å². The van der Waals surface area contributed by atoms with Gasteiger partial charge in [-0.05, 0) is 47.2 Å². The molecule has 0 radical (unpaired) electrons. The number of aryl methyl sites for hydroxylation is 2. The van der Waals surface area contributed by atoms with Gasteiger partial charge in [0.2, 0.25) is 5.91 Å². The first kappa shape index (κ1) is 18.1. The zero-order valence-corrected chi connectivity index (χ0v) is 15.5. The van der Waals surface area contributed by atoms with Crippen LogP contribution in [-0.4, -0.2) is 18.9 Å². The van der Waals surface area contributed by atoms with Gasteiger partial charge in [-0.15, -0.1) is 0 Å². The highest BCUT2D eigenvalue weighted by Crippen LogP contribution is 2.29. The average molecular weight is 352 g/mol. The van der Waals surface area contributed by atoms with Gasteiger partial charge in [-0.2, -0.15) is 5.06 Å². The van der Waals surface area contributed by atoms with Crippen molar-refractivity contribution < 1.29 is 14.4 Å². The first-order valence-electron chi connectivity index (χ1n) is 8.96. The highest BCUT2D eigenvalue weighted by atomic mass is 16.7. The maximum atomic E-state index is 11.5. The summed E-state index contributed by atoms with van der Waals surface area (Å²) in [5.74, 6) is 0.119. The molecule has 2 heterocycles. The number of carbonyl (C=O) groups is 2. The zero-order chi connectivity index (χ0) is 18.7. The van der Waals surface area contributed by atoms with Gasteiger partial charge in [0.25, 0.3) is 5.91 Å². The number of hydrogen-bond acceptors (Lipinski definition) is 3. The van der Waals surface area contributed by atoms with Crippen molar-refractivity contribution in [3.63, 3.8) is 0 Å². The minimum absolute atomic E-state index is 0.00996. The van der Waals surface area contributed by atoms with Crippen LogP contribution in [0.3, 0.4) is 0 Å². The SMILES string of the molecule is CCc1ccc2c(c1)N(OC)C(=O)C2.CCc1ccc2c(c1)NC(=O)C2. The Labute approximate surface area is 153 Å². The Morgan fingerprint density at radius 1 is 0.962 bits per heavy atom. The van der Waals surface area contributed by atoms with Crippen LogP contribution in [0, 0.1) is 0 Å². The fraction of sp³-hybridized carbons (Fsp3) is 0.333. The van der Waals surface area contributed by atoms with Crippen LogP contribution in [0.25, 0.3) is 0 Å². The number of benzene rings is 2. The minimum Gasteiger partial charge on any atom is -0.326 e. The van der Waals surface area contributed by atoms with Gasteiger partial charge in [0.1, 0.15) is 0 Å². The molecule has 0 spiro atoms. The van der Waals surface area contributed by atoms with Crippen LogP contribution in [0.5, 0.6) is 0 Å². The third kappa shape index (κ3) is 3.63. The van der Waals surface area contributed by atoms with Gasteiger partial charge >= 0.3 is 0 Å². The van der Waals surface area contributed by atoms with Gasteiger partial charge in [-0.25, -0.2) is 0 Å². The van der Waals surface area contributed by atoms with E-state index in [0.29, 0.717) is 12.8 Å². The largest absolute Gasteiger partial charge is 0.326 e. The van der Waals surface area contributed by atoms with Gasteiger partial charge in [0, 0.05) is 5.69 Å². The van der Waals surface area contributed by atoms with Crippen molar-refractivity contribution in [2.24, 2.45) is 0 Å². The fourth-order valence-corrected chi connectivity index (χ4v) is 3.22. The summed E-state index contributed by atoms with van der Waals surface area (Å²) >= 11 is 0. The van der Waals surface area contributed by atoms with Gasteiger partial charge in [-0.3, -0.25) is 14.4 Å². The van der Waals surface area contributed by atoms with Crippen molar-refractivity contribution in [2.45, 2.75) is 39.5 Å². The summed E-state index contributed by atoms with van der Waals surface area (Å²) in [4.78, 5) is 27.5. The lowest BCUT2D eigenvalue weighted by Crippen LogP contribution is -2.24. The number of nitrogens with zero attached hydrogens (tertiary/aromatic N) is 1. The van der Waals surface area contributed by atoms with Crippen LogP contribution < -0.4 is 10.4 Å². The second-order valence-electron chi connectivity index (χ2n) is 6.43. The van der Waals surface area contributed by atoms with Crippen molar-refractivity contribution in [1.29, 1.82) is 0 Å². The quantitative estimate of drug-likeness (QED) is 0.920. The normalized spacial score (nSPS) is 14.5. The third-order valence-electron chi connectivity index (χ3n) is 4.74. The predicted octanol–water partition coefficient (Wildman–Crippen LogP) is 3.44. The number of hydroxylamine groups is 1. The van der Waals surface area contributed by atoms with Gasteiger partial charge < -0.3 is 5.32 Å². The molecule has 0 aliphatic carbocycles. The lowest BCUT2D eigenvalue weighted by Gasteiger charge is -2.13. The summed E-state index contributed by atoms with van der Waals surface area (Å²) in [5, 5.41) is 4.20. The molecule has 5 heteroatoms. The molecule has 0 fully saturated rings. The number of carbonyl (C=O) groups excluding carboxylic acids is 2. The molecule has 0 atom stereocenters. The molecule has 2 aliphatic rings. The molecule has 136 valence electrons. The van der Waals surface area contributed by atoms with E-state index in [2.05, 4.69) is 37.4 Å². The number of hydrogen-bond donors (Lipinski definition) is 1. The second kappa shape index (κ2) is 7.70. The zero-order valence-electron chi connectivity index (χ0n) is 15.5. The molecule has 0 saturated heterocycles. The molecular weight excluding hydrogens is 328 g/mol. The lowest BCUT2D eigenvalue weighted by molar-refractivity contribution is -0.123. The predicted molar refractivity (Wildman–Crippen MR) is 102 cm³/mol. The molecule has 5 nitrogen and oxygen atoms in total. The van der Waals surface area contributed by atoms with E-state index in [-0.39, 0.29) is 11.8 Å². The molecule has 4 rings (SSSR count). The first-order chi connectivity index (χ1) is 12.5. The number of nitrogens with one attached hydrogen (secondary N) is 1. The topological polar surface area (TPSA) is 58.6 Å². The Morgan fingerprint density at radius 2 is 1.62 bits per heavy atom. The molecule has 2 aliphatic heterocycles. The summed E-state index contributed by atoms with van der Waals surface area (Å²) in [6.45, 7) is 4.20. The van der Waals surface area contributed by atoms with Crippen molar-refractivity contribution in [3.05, 3.63) is 58.7 Å². The molecule has 0 aromatic heterocycles. The van der Waals surface area contributed by atoms with E-state index >= 15 is 0 Å². The van der Waals surface area contributed by atoms with Crippen molar-refractivity contribution in [1.82, 2.24) is 0 Å². The van der Waals surface area contributed by atoms with E-state index in [0.717, 1.165) is 35.3 Å². The van der Waals surface area contributed by atoms with Crippen molar-refractivity contribution in [2.75, 3.05) is 17.5 Å². The Kier molecular flexibility index (Phi) is 5.38. The average Bonchev–Trinajstić information content (AvgIpc) is 3.18. The number of anilines is 2. The van der Waals surface area contributed by atoms with E-state index in [1.807, 2.05) is 18.2 Å². The Balaban J connectivity index is 0.000000152. The summed E-state index contributed by atoms with van der Waals surface area (Å²) in [6, 6.07) is 12.3. The van der Waals surface area contributed by atoms with Crippen LogP contribution >= 0.6 is 0 Å². The Morgan fingerprint density at radius 3 is 2.27 bits per heavy atom. The third-order valence-corrected chi connectivity index (χ3v) is 4.74. The summed E-state index contributed by atoms with van der Waals surface area (Å²) < 4.78 is 0. The van der Waals surface area contributed by atoms with Crippen LogP contribution in [0.4, 0.5) is 11.4 Å². The molecule has 0 saturated carbocycles. The van der Waals surface area contributed by atoms with Crippen molar-refractivity contribution in [3.8, 4) is 0 Å². The summed E-state index contributed by atoms with van der Waals surface area (Å²) in [7, 11) is 1.52. The van der Waals surface area contributed by atoms with E-state index in [1.165, 1.54) is 23.3 Å². The van der Waals surface area contributed by atoms with Crippen LogP contribution in [0.1, 0.15) is 36.1 Å². The maximum absolute atomic E-state index is 11.5. The molecule has 2 aromatic rings. The second-order valence-corrected chi connectivity index (χ2v) is 6.43. The Bertz CT molecular complexity index is 845. The van der Waals surface area contributed by atoms with Crippen LogP contribution in [-0.2, 0) is 40.1 Å². The van der Waals surface area contributed by atoms with E-state index in [9.17, 15) is 9.59 Å². The van der Waals surface area contributed by atoms with E-state index < -0.39 is 0 Å². The smallest absolute Gasteiger partial charge is 0.255 e. The molecular formula is C21H24N2O3. The standard InChI is InChI=1S/C11H13NO2.C10H11NO/c1-3-8-4-5-9-7-11(13)12(14-2)10(9)6-8;1-2-7-3-4-8-6-10(12)11-9(8)5-7/h4-6H,3,7H2,1-2H3;3-5H,2,6H2,1H3,(H,11,12). The maximum Gasteiger partial charge on any atom is 0.255 e. The van der Waals surface area contributed by atoms with Crippen LogP contribution in [0.2, 0.25) is 0 Å². The van der Waals surface area contributed by atoms with E-state index in [1.54, 1.807) is 0 Å². The van der Waals surface area contributed by atoms with Gasteiger partial charge in [0.15, 0.2) is 0 Å². The molecule has 0 unspecified atom stereocenters. The Hall–Kier alpha value is -2.66. The molecule has 2 aromatic carbocycles. The summed E-state index contributed by atoms with van der Waals surface area (Å²) in [6.07, 6.45) is 2.98. The monoisotopic (exact) mass is 352 g/mol. The van der Waals surface area contributed by atoms with Gasteiger partial charge in [-0.1, -0.05) is 38.1 Å². The summed E-state index contributed by atoms with van der Waals surface area (Å²) in [5.41, 5.74) is 6.57. The number of fused-ring (bicyclic) bond motifs is 2. The van der Waals surface area contributed by atoms with Crippen molar-refractivity contribution >= 4 is 23.2 Å². The number of amides is 2. The fourth-order valence-electron chi connectivity index (χ4n) is 3.22. The number of rotatable bonds is 3. The first-order valence-corrected chi connectivity index (χ1v) is 8.96. The minimum atomic E-state index is 0.00996. The van der Waals surface area contributed by atoms with Gasteiger partial charge in [0.05, 0.1) is 25.6 Å². The molecule has 1 N–H and O–H groups in total. The molecule has 26 heavy (non-hydrogen) atoms. The molecule has 2 amide bonds. The highest BCUT2D eigenvalue weighted by molar-refractivity contribution is 6.00. The highest BCUT2D eigenvalue weighted by Gasteiger charge is 2.27. The lowest BCUT2D eigenvalue weighted by atomic mass is 10.1. The van der Waals surface area contributed by atoms with Crippen LogP contribution in [0.15, 0.2) is 36.4 Å². The molecule has 0 bridgehead atoms.